The molecule has 0 saturated carbocycles. The summed E-state index contributed by atoms with van der Waals surface area (Å²) in [5, 5.41) is 6.90. The van der Waals surface area contributed by atoms with E-state index in [9.17, 15) is 22.8 Å². The quantitative estimate of drug-likeness (QED) is 0.514. The molecule has 11 heteroatoms. The first kappa shape index (κ1) is 23.8. The van der Waals surface area contributed by atoms with Crippen molar-refractivity contribution in [3.8, 4) is 11.6 Å². The van der Waals surface area contributed by atoms with Crippen LogP contribution in [0.15, 0.2) is 48.8 Å². The van der Waals surface area contributed by atoms with Gasteiger partial charge >= 0.3 is 12.1 Å². The zero-order chi connectivity index (χ0) is 24.0. The van der Waals surface area contributed by atoms with E-state index < -0.39 is 18.8 Å². The van der Waals surface area contributed by atoms with E-state index in [0.717, 1.165) is 0 Å². The van der Waals surface area contributed by atoms with Gasteiger partial charge < -0.3 is 14.8 Å². The average Bonchev–Trinajstić information content (AvgIpc) is 3.17. The number of rotatable bonds is 8. The molecule has 33 heavy (non-hydrogen) atoms. The summed E-state index contributed by atoms with van der Waals surface area (Å²) in [6, 6.07) is 9.45. The van der Waals surface area contributed by atoms with Crippen LogP contribution < -0.4 is 10.1 Å². The number of hydrogen-bond donors (Lipinski definition) is 1. The zero-order valence-corrected chi connectivity index (χ0v) is 17.8. The van der Waals surface area contributed by atoms with Crippen LogP contribution in [-0.4, -0.2) is 46.0 Å². The van der Waals surface area contributed by atoms with Gasteiger partial charge in [0.25, 0.3) is 5.91 Å². The van der Waals surface area contributed by atoms with Gasteiger partial charge in [0.15, 0.2) is 6.61 Å². The van der Waals surface area contributed by atoms with Gasteiger partial charge in [-0.3, -0.25) is 4.79 Å². The fraction of sp³-hybridized carbons (Fsp3) is 0.273. The van der Waals surface area contributed by atoms with Crippen LogP contribution in [0.3, 0.4) is 0 Å². The van der Waals surface area contributed by atoms with Crippen molar-refractivity contribution in [2.24, 2.45) is 0 Å². The lowest BCUT2D eigenvalue weighted by atomic mass is 10.1. The van der Waals surface area contributed by atoms with E-state index in [1.165, 1.54) is 18.5 Å². The first-order valence-corrected chi connectivity index (χ1v) is 9.93. The fourth-order valence-corrected chi connectivity index (χ4v) is 2.91. The molecule has 1 N–H and O–H groups in total. The SMILES string of the molecule is CCOC(=O)c1cnn(-c2ccc(C(=O)NCc3ccnc(OCC(F)(F)F)c3)cc2)c1C. The van der Waals surface area contributed by atoms with Crippen LogP contribution in [0.25, 0.3) is 5.69 Å². The number of esters is 1. The lowest BCUT2D eigenvalue weighted by Crippen LogP contribution is -2.23. The molecule has 174 valence electrons. The summed E-state index contributed by atoms with van der Waals surface area (Å²) in [7, 11) is 0. The van der Waals surface area contributed by atoms with Gasteiger partial charge in [-0.15, -0.1) is 0 Å². The van der Waals surface area contributed by atoms with E-state index in [2.05, 4.69) is 20.1 Å². The van der Waals surface area contributed by atoms with Crippen molar-refractivity contribution in [2.45, 2.75) is 26.6 Å². The smallest absolute Gasteiger partial charge is 0.422 e. The van der Waals surface area contributed by atoms with Gasteiger partial charge in [-0.1, -0.05) is 0 Å². The number of hydrogen-bond acceptors (Lipinski definition) is 6. The highest BCUT2D eigenvalue weighted by Crippen LogP contribution is 2.18. The van der Waals surface area contributed by atoms with Crippen molar-refractivity contribution in [3.05, 3.63) is 71.2 Å². The maximum atomic E-state index is 12.4. The zero-order valence-electron chi connectivity index (χ0n) is 17.8. The van der Waals surface area contributed by atoms with Gasteiger partial charge in [-0.2, -0.15) is 18.3 Å². The first-order chi connectivity index (χ1) is 15.7. The van der Waals surface area contributed by atoms with Crippen LogP contribution in [0, 0.1) is 6.92 Å². The maximum Gasteiger partial charge on any atom is 0.422 e. The lowest BCUT2D eigenvalue weighted by Gasteiger charge is -2.10. The molecule has 0 aliphatic carbocycles. The van der Waals surface area contributed by atoms with E-state index in [1.807, 2.05) is 0 Å². The van der Waals surface area contributed by atoms with Gasteiger partial charge in [-0.05, 0) is 49.7 Å². The Kier molecular flexibility index (Phi) is 7.31. The maximum absolute atomic E-state index is 12.4. The number of amides is 1. The first-order valence-electron chi connectivity index (χ1n) is 9.93. The molecule has 0 radical (unpaired) electrons. The van der Waals surface area contributed by atoms with Crippen molar-refractivity contribution >= 4 is 11.9 Å². The van der Waals surface area contributed by atoms with Crippen LogP contribution in [-0.2, 0) is 11.3 Å². The minimum absolute atomic E-state index is 0.0760. The third-order valence-corrected chi connectivity index (χ3v) is 4.52. The second-order valence-electron chi connectivity index (χ2n) is 6.91. The standard InChI is InChI=1S/C22H21F3N4O4/c1-3-32-21(31)18-12-28-29(14(18)2)17-6-4-16(5-7-17)20(30)27-11-15-8-9-26-19(10-15)33-13-22(23,24)25/h4-10,12H,3,11,13H2,1-2H3,(H,27,30). The number of benzene rings is 1. The molecule has 2 aromatic heterocycles. The second-order valence-corrected chi connectivity index (χ2v) is 6.91. The molecule has 0 aliphatic rings. The highest BCUT2D eigenvalue weighted by molar-refractivity contribution is 5.94. The summed E-state index contributed by atoms with van der Waals surface area (Å²) in [4.78, 5) is 28.1. The summed E-state index contributed by atoms with van der Waals surface area (Å²) in [5.74, 6) is -1.01. The number of pyridine rings is 1. The van der Waals surface area contributed by atoms with Crippen LogP contribution in [0.2, 0.25) is 0 Å². The second kappa shape index (κ2) is 10.2. The molecule has 3 rings (SSSR count). The molecule has 0 unspecified atom stereocenters. The van der Waals surface area contributed by atoms with Crippen LogP contribution in [0.5, 0.6) is 5.88 Å². The lowest BCUT2D eigenvalue weighted by molar-refractivity contribution is -0.154. The molecule has 0 atom stereocenters. The third kappa shape index (κ3) is 6.31. The normalized spacial score (nSPS) is 11.2. The molecule has 3 aromatic rings. The number of alkyl halides is 3. The molecule has 0 fully saturated rings. The monoisotopic (exact) mass is 462 g/mol. The molecule has 0 spiro atoms. The predicted molar refractivity (Wildman–Crippen MR) is 111 cm³/mol. The highest BCUT2D eigenvalue weighted by atomic mass is 19.4. The van der Waals surface area contributed by atoms with Gasteiger partial charge in [0.1, 0.15) is 5.56 Å². The van der Waals surface area contributed by atoms with Crippen molar-refractivity contribution in [1.29, 1.82) is 0 Å². The molecule has 0 bridgehead atoms. The van der Waals surface area contributed by atoms with Crippen molar-refractivity contribution < 1.29 is 32.2 Å². The van der Waals surface area contributed by atoms with Crippen LogP contribution in [0.4, 0.5) is 13.2 Å². The Balaban J connectivity index is 1.62. The number of halogens is 3. The van der Waals surface area contributed by atoms with Gasteiger partial charge in [0.2, 0.25) is 5.88 Å². The summed E-state index contributed by atoms with van der Waals surface area (Å²) >= 11 is 0. The molecular weight excluding hydrogens is 441 g/mol. The molecular formula is C22H21F3N4O4. The van der Waals surface area contributed by atoms with Gasteiger partial charge in [0.05, 0.1) is 24.2 Å². The van der Waals surface area contributed by atoms with Crippen molar-refractivity contribution in [2.75, 3.05) is 13.2 Å². The minimum atomic E-state index is -4.47. The Hall–Kier alpha value is -3.89. The predicted octanol–water partition coefficient (Wildman–Crippen LogP) is 3.62. The van der Waals surface area contributed by atoms with Gasteiger partial charge in [-0.25, -0.2) is 14.5 Å². The molecule has 1 aromatic carbocycles. The van der Waals surface area contributed by atoms with Crippen LogP contribution in [0.1, 0.15) is 38.9 Å². The largest absolute Gasteiger partial charge is 0.468 e. The van der Waals surface area contributed by atoms with Crippen molar-refractivity contribution in [3.63, 3.8) is 0 Å². The van der Waals surface area contributed by atoms with E-state index in [-0.39, 0.29) is 24.9 Å². The Morgan fingerprint density at radius 2 is 1.88 bits per heavy atom. The third-order valence-electron chi connectivity index (χ3n) is 4.52. The molecule has 2 heterocycles. The molecule has 8 nitrogen and oxygen atoms in total. The minimum Gasteiger partial charge on any atom is -0.468 e. The number of nitrogens with one attached hydrogen (secondary N) is 1. The van der Waals surface area contributed by atoms with Crippen LogP contribution >= 0.6 is 0 Å². The van der Waals surface area contributed by atoms with Crippen molar-refractivity contribution in [1.82, 2.24) is 20.1 Å². The molecule has 1 amide bonds. The average molecular weight is 462 g/mol. The Bertz CT molecular complexity index is 1130. The summed E-state index contributed by atoms with van der Waals surface area (Å²) < 4.78 is 48.0. The Morgan fingerprint density at radius 3 is 2.55 bits per heavy atom. The number of ether oxygens (including phenoxy) is 2. The highest BCUT2D eigenvalue weighted by Gasteiger charge is 2.28. The summed E-state index contributed by atoms with van der Waals surface area (Å²) in [6.07, 6.45) is -1.73. The fourth-order valence-electron chi connectivity index (χ4n) is 2.91. The Labute approximate surface area is 187 Å². The van der Waals surface area contributed by atoms with E-state index in [1.54, 1.807) is 48.9 Å². The molecule has 0 saturated heterocycles. The molecule has 0 aliphatic heterocycles. The van der Waals surface area contributed by atoms with E-state index >= 15 is 0 Å². The van der Waals surface area contributed by atoms with Gasteiger partial charge in [0, 0.05) is 24.4 Å². The number of nitrogens with zero attached hydrogens (tertiary/aromatic N) is 3. The number of carbonyl (C=O) groups excluding carboxylic acids is 2. The summed E-state index contributed by atoms with van der Waals surface area (Å²) in [5.41, 5.74) is 2.52. The number of carbonyl (C=O) groups is 2. The number of aromatic nitrogens is 3. The van der Waals surface area contributed by atoms with E-state index in [4.69, 9.17) is 4.74 Å². The summed E-state index contributed by atoms with van der Waals surface area (Å²) in [6.45, 7) is 2.35. The van der Waals surface area contributed by atoms with E-state index in [0.29, 0.717) is 28.1 Å². The topological polar surface area (TPSA) is 95.3 Å². The Morgan fingerprint density at radius 1 is 1.15 bits per heavy atom.